The summed E-state index contributed by atoms with van der Waals surface area (Å²) >= 11 is 0. The zero-order chi connectivity index (χ0) is 8.55. The molecule has 0 bridgehead atoms. The number of hydrogen-bond donors (Lipinski definition) is 1. The number of aliphatic hydroxyl groups excluding tert-OH is 1. The number of carbonyl (C=O) groups excluding carboxylic acids is 1. The second kappa shape index (κ2) is 2.90. The molecule has 1 fully saturated rings. The molecule has 3 heteroatoms. The van der Waals surface area contributed by atoms with Crippen LogP contribution in [0, 0.1) is 0 Å². The third-order valence-corrected chi connectivity index (χ3v) is 2.62. The molecule has 0 spiro atoms. The molecule has 2 rings (SSSR count). The Hall–Kier alpha value is -0.830. The highest BCUT2D eigenvalue weighted by atomic mass is 16.3. The Labute approximate surface area is 71.7 Å². The van der Waals surface area contributed by atoms with Crippen LogP contribution in [0.25, 0.3) is 0 Å². The predicted molar refractivity (Wildman–Crippen MR) is 44.9 cm³/mol. The summed E-state index contributed by atoms with van der Waals surface area (Å²) in [7, 11) is 0. The fraction of sp³-hybridized carbons (Fsp3) is 0.667. The average Bonchev–Trinajstić information content (AvgIpc) is 2.04. The topological polar surface area (TPSA) is 40.5 Å². The van der Waals surface area contributed by atoms with E-state index in [1.807, 2.05) is 0 Å². The van der Waals surface area contributed by atoms with Crippen molar-refractivity contribution in [3.63, 3.8) is 0 Å². The third kappa shape index (κ3) is 1.25. The van der Waals surface area contributed by atoms with E-state index >= 15 is 0 Å². The first kappa shape index (κ1) is 7.80. The van der Waals surface area contributed by atoms with Crippen molar-refractivity contribution in [1.29, 1.82) is 0 Å². The van der Waals surface area contributed by atoms with Crippen molar-refractivity contribution in [2.75, 3.05) is 13.1 Å². The third-order valence-electron chi connectivity index (χ3n) is 2.62. The molecule has 3 nitrogen and oxygen atoms in total. The van der Waals surface area contributed by atoms with Gasteiger partial charge in [0.25, 0.3) is 0 Å². The van der Waals surface area contributed by atoms with Crippen LogP contribution in [0.4, 0.5) is 0 Å². The summed E-state index contributed by atoms with van der Waals surface area (Å²) in [6.45, 7) is 1.45. The monoisotopic (exact) mass is 167 g/mol. The molecule has 0 aromatic heterocycles. The Morgan fingerprint density at radius 1 is 1.50 bits per heavy atom. The van der Waals surface area contributed by atoms with E-state index in [4.69, 9.17) is 0 Å². The molecular formula is C9H13NO2. The van der Waals surface area contributed by atoms with E-state index in [1.165, 1.54) is 6.08 Å². The number of fused-ring (bicyclic) bond motifs is 1. The van der Waals surface area contributed by atoms with E-state index in [0.29, 0.717) is 6.54 Å². The molecule has 12 heavy (non-hydrogen) atoms. The fourth-order valence-electron chi connectivity index (χ4n) is 2.02. The minimum Gasteiger partial charge on any atom is -0.511 e. The first-order chi connectivity index (χ1) is 5.77. The molecule has 1 unspecified atom stereocenters. The van der Waals surface area contributed by atoms with Crippen molar-refractivity contribution >= 4 is 5.78 Å². The highest BCUT2D eigenvalue weighted by molar-refractivity contribution is 5.92. The van der Waals surface area contributed by atoms with Gasteiger partial charge < -0.3 is 5.11 Å². The van der Waals surface area contributed by atoms with Crippen LogP contribution in [0.2, 0.25) is 0 Å². The molecule has 2 heterocycles. The van der Waals surface area contributed by atoms with E-state index in [2.05, 4.69) is 4.90 Å². The standard InChI is InChI=1S/C9H13NO2/c11-7-5-9(12)8-3-1-2-4-10(8)6-7/h5,8,12H,1-4,6H2. The van der Waals surface area contributed by atoms with Crippen LogP contribution >= 0.6 is 0 Å². The fourth-order valence-corrected chi connectivity index (χ4v) is 2.02. The number of aliphatic hydroxyl groups is 1. The molecule has 2 aliphatic heterocycles. The van der Waals surface area contributed by atoms with Gasteiger partial charge >= 0.3 is 0 Å². The number of nitrogens with zero attached hydrogens (tertiary/aromatic N) is 1. The Morgan fingerprint density at radius 2 is 2.33 bits per heavy atom. The molecule has 0 radical (unpaired) electrons. The van der Waals surface area contributed by atoms with Gasteiger partial charge in [0.1, 0.15) is 5.76 Å². The van der Waals surface area contributed by atoms with Gasteiger partial charge in [-0.05, 0) is 19.4 Å². The van der Waals surface area contributed by atoms with E-state index in [0.717, 1.165) is 25.8 Å². The van der Waals surface area contributed by atoms with Crippen molar-refractivity contribution in [3.05, 3.63) is 11.8 Å². The van der Waals surface area contributed by atoms with E-state index in [-0.39, 0.29) is 17.6 Å². The Balaban J connectivity index is 2.19. The van der Waals surface area contributed by atoms with Gasteiger partial charge in [-0.15, -0.1) is 0 Å². The summed E-state index contributed by atoms with van der Waals surface area (Å²) < 4.78 is 0. The van der Waals surface area contributed by atoms with Gasteiger partial charge in [-0.2, -0.15) is 0 Å². The molecule has 2 aliphatic rings. The maximum Gasteiger partial charge on any atom is 0.173 e. The van der Waals surface area contributed by atoms with E-state index in [1.54, 1.807) is 0 Å². The minimum atomic E-state index is 0.0330. The number of rotatable bonds is 0. The summed E-state index contributed by atoms with van der Waals surface area (Å²) in [5.41, 5.74) is 0. The van der Waals surface area contributed by atoms with Crippen LogP contribution in [-0.4, -0.2) is 34.9 Å². The van der Waals surface area contributed by atoms with Crippen LogP contribution in [0.3, 0.4) is 0 Å². The molecule has 0 aliphatic carbocycles. The summed E-state index contributed by atoms with van der Waals surface area (Å²) in [5.74, 6) is 0.302. The molecule has 1 atom stereocenters. The van der Waals surface area contributed by atoms with Crippen LogP contribution in [0.1, 0.15) is 19.3 Å². The second-order valence-electron chi connectivity index (χ2n) is 3.52. The summed E-state index contributed by atoms with van der Waals surface area (Å²) in [4.78, 5) is 13.1. The lowest BCUT2D eigenvalue weighted by Gasteiger charge is -2.36. The van der Waals surface area contributed by atoms with Gasteiger partial charge in [-0.3, -0.25) is 9.69 Å². The molecule has 0 saturated carbocycles. The molecule has 0 amide bonds. The number of carbonyl (C=O) groups is 1. The predicted octanol–water partition coefficient (Wildman–Crippen LogP) is 0.865. The summed E-state index contributed by atoms with van der Waals surface area (Å²) in [5, 5.41) is 9.47. The van der Waals surface area contributed by atoms with E-state index in [9.17, 15) is 9.90 Å². The first-order valence-corrected chi connectivity index (χ1v) is 4.45. The van der Waals surface area contributed by atoms with Gasteiger partial charge in [0.2, 0.25) is 0 Å². The Bertz CT molecular complexity index is 235. The molecule has 66 valence electrons. The van der Waals surface area contributed by atoms with Crippen LogP contribution in [0.15, 0.2) is 11.8 Å². The quantitative estimate of drug-likeness (QED) is 0.582. The highest BCUT2D eigenvalue weighted by Gasteiger charge is 2.30. The summed E-state index contributed by atoms with van der Waals surface area (Å²) in [6.07, 6.45) is 4.69. The zero-order valence-electron chi connectivity index (χ0n) is 6.99. The molecule has 0 aromatic carbocycles. The zero-order valence-corrected chi connectivity index (χ0v) is 6.99. The van der Waals surface area contributed by atoms with Gasteiger partial charge in [0, 0.05) is 6.08 Å². The molecule has 0 aromatic rings. The molecule has 1 N–H and O–H groups in total. The lowest BCUT2D eigenvalue weighted by atomic mass is 9.96. The number of piperidine rings is 1. The largest absolute Gasteiger partial charge is 0.511 e. The lowest BCUT2D eigenvalue weighted by molar-refractivity contribution is -0.117. The smallest absolute Gasteiger partial charge is 0.173 e. The lowest BCUT2D eigenvalue weighted by Crippen LogP contribution is -2.46. The number of ketones is 1. The Morgan fingerprint density at radius 3 is 3.17 bits per heavy atom. The van der Waals surface area contributed by atoms with Gasteiger partial charge in [0.05, 0.1) is 12.6 Å². The normalized spacial score (nSPS) is 31.2. The van der Waals surface area contributed by atoms with Gasteiger partial charge in [0.15, 0.2) is 5.78 Å². The van der Waals surface area contributed by atoms with Crippen molar-refractivity contribution in [2.45, 2.75) is 25.3 Å². The molecule has 1 saturated heterocycles. The van der Waals surface area contributed by atoms with Crippen molar-refractivity contribution < 1.29 is 9.90 Å². The van der Waals surface area contributed by atoms with Crippen LogP contribution < -0.4 is 0 Å². The Kier molecular flexibility index (Phi) is 1.89. The SMILES string of the molecule is O=C1C=C(O)C2CCCCN2C1. The van der Waals surface area contributed by atoms with E-state index < -0.39 is 0 Å². The molecular weight excluding hydrogens is 154 g/mol. The first-order valence-electron chi connectivity index (χ1n) is 4.45. The maximum atomic E-state index is 11.1. The van der Waals surface area contributed by atoms with Gasteiger partial charge in [-0.25, -0.2) is 0 Å². The maximum absolute atomic E-state index is 11.1. The second-order valence-corrected chi connectivity index (χ2v) is 3.52. The average molecular weight is 167 g/mol. The van der Waals surface area contributed by atoms with Crippen molar-refractivity contribution in [3.8, 4) is 0 Å². The minimum absolute atomic E-state index is 0.0330. The highest BCUT2D eigenvalue weighted by Crippen LogP contribution is 2.24. The van der Waals surface area contributed by atoms with Crippen molar-refractivity contribution in [1.82, 2.24) is 4.90 Å². The summed E-state index contributed by atoms with van der Waals surface area (Å²) in [6, 6.07) is 0.136. The van der Waals surface area contributed by atoms with Gasteiger partial charge in [-0.1, -0.05) is 6.42 Å². The number of hydrogen-bond acceptors (Lipinski definition) is 3. The van der Waals surface area contributed by atoms with Crippen LogP contribution in [0.5, 0.6) is 0 Å². The van der Waals surface area contributed by atoms with Crippen molar-refractivity contribution in [2.24, 2.45) is 0 Å². The van der Waals surface area contributed by atoms with Crippen LogP contribution in [-0.2, 0) is 4.79 Å².